The standard InChI is InChI=1S/C14H11BrF2N2OS/c15-8-1-4-13(12(18)5-8)21-7-14(20)19-9-2-3-10(16)11(17)6-9/h1-6H,7,18H2,(H,19,20). The van der Waals surface area contributed by atoms with Crippen molar-refractivity contribution < 1.29 is 13.6 Å². The number of amides is 1. The maximum atomic E-state index is 13.0. The summed E-state index contributed by atoms with van der Waals surface area (Å²) in [5.41, 5.74) is 6.60. The first-order valence-electron chi connectivity index (χ1n) is 5.88. The number of anilines is 2. The van der Waals surface area contributed by atoms with Crippen LogP contribution >= 0.6 is 27.7 Å². The van der Waals surface area contributed by atoms with Gasteiger partial charge in [-0.3, -0.25) is 4.79 Å². The molecule has 21 heavy (non-hydrogen) atoms. The van der Waals surface area contributed by atoms with Crippen LogP contribution in [0.25, 0.3) is 0 Å². The smallest absolute Gasteiger partial charge is 0.234 e. The first kappa shape index (κ1) is 15.8. The molecule has 7 heteroatoms. The van der Waals surface area contributed by atoms with Crippen LogP contribution < -0.4 is 11.1 Å². The molecule has 0 aliphatic carbocycles. The quantitative estimate of drug-likeness (QED) is 0.628. The zero-order valence-electron chi connectivity index (χ0n) is 10.7. The fourth-order valence-electron chi connectivity index (χ4n) is 1.57. The van der Waals surface area contributed by atoms with Crippen LogP contribution in [0.4, 0.5) is 20.2 Å². The van der Waals surface area contributed by atoms with Crippen molar-refractivity contribution in [3.05, 3.63) is 52.5 Å². The maximum absolute atomic E-state index is 13.0. The average Bonchev–Trinajstić information content (AvgIpc) is 2.42. The molecule has 110 valence electrons. The number of carbonyl (C=O) groups excluding carboxylic acids is 1. The molecular formula is C14H11BrF2N2OS. The lowest BCUT2D eigenvalue weighted by atomic mass is 10.3. The van der Waals surface area contributed by atoms with Gasteiger partial charge in [-0.2, -0.15) is 0 Å². The first-order valence-corrected chi connectivity index (χ1v) is 7.66. The monoisotopic (exact) mass is 372 g/mol. The molecule has 2 rings (SSSR count). The Morgan fingerprint density at radius 3 is 2.62 bits per heavy atom. The summed E-state index contributed by atoms with van der Waals surface area (Å²) in [5.74, 6) is -2.17. The number of nitrogens with two attached hydrogens (primary N) is 1. The minimum absolute atomic E-state index is 0.116. The molecule has 0 aliphatic heterocycles. The van der Waals surface area contributed by atoms with Gasteiger partial charge >= 0.3 is 0 Å². The molecule has 0 saturated heterocycles. The Hall–Kier alpha value is -1.60. The van der Waals surface area contributed by atoms with Gasteiger partial charge in [-0.1, -0.05) is 15.9 Å². The first-order chi connectivity index (χ1) is 9.95. The predicted molar refractivity (Wildman–Crippen MR) is 84.3 cm³/mol. The second-order valence-electron chi connectivity index (χ2n) is 4.15. The molecule has 2 aromatic carbocycles. The summed E-state index contributed by atoms with van der Waals surface area (Å²) in [6.07, 6.45) is 0. The summed E-state index contributed by atoms with van der Waals surface area (Å²) in [5, 5.41) is 2.49. The Kier molecular flexibility index (Phi) is 5.19. The van der Waals surface area contributed by atoms with Crippen molar-refractivity contribution in [2.75, 3.05) is 16.8 Å². The van der Waals surface area contributed by atoms with Crippen LogP contribution in [0.3, 0.4) is 0 Å². The largest absolute Gasteiger partial charge is 0.398 e. The molecule has 0 heterocycles. The highest BCUT2D eigenvalue weighted by Gasteiger charge is 2.08. The molecule has 0 fully saturated rings. The molecule has 0 aromatic heterocycles. The Morgan fingerprint density at radius 2 is 1.95 bits per heavy atom. The van der Waals surface area contributed by atoms with Crippen molar-refractivity contribution in [1.82, 2.24) is 0 Å². The topological polar surface area (TPSA) is 55.1 Å². The van der Waals surface area contributed by atoms with Crippen LogP contribution in [0.5, 0.6) is 0 Å². The van der Waals surface area contributed by atoms with E-state index in [1.54, 1.807) is 12.1 Å². The molecule has 0 radical (unpaired) electrons. The van der Waals surface area contributed by atoms with Crippen molar-refractivity contribution in [2.45, 2.75) is 4.90 Å². The summed E-state index contributed by atoms with van der Waals surface area (Å²) in [6, 6.07) is 8.57. The number of nitrogen functional groups attached to an aromatic ring is 1. The number of nitrogens with one attached hydrogen (secondary N) is 1. The van der Waals surface area contributed by atoms with Crippen LogP contribution in [0.2, 0.25) is 0 Å². The van der Waals surface area contributed by atoms with E-state index in [0.717, 1.165) is 21.5 Å². The fourth-order valence-corrected chi connectivity index (χ4v) is 2.69. The Bertz CT molecular complexity index is 682. The van der Waals surface area contributed by atoms with Crippen molar-refractivity contribution >= 4 is 45.0 Å². The van der Waals surface area contributed by atoms with E-state index in [9.17, 15) is 13.6 Å². The lowest BCUT2D eigenvalue weighted by molar-refractivity contribution is -0.113. The number of hydrogen-bond donors (Lipinski definition) is 2. The number of rotatable bonds is 4. The van der Waals surface area contributed by atoms with Gasteiger partial charge in [-0.25, -0.2) is 8.78 Å². The van der Waals surface area contributed by atoms with E-state index in [1.807, 2.05) is 6.07 Å². The van der Waals surface area contributed by atoms with E-state index in [4.69, 9.17) is 5.73 Å². The van der Waals surface area contributed by atoms with Crippen molar-refractivity contribution in [3.8, 4) is 0 Å². The van der Waals surface area contributed by atoms with E-state index in [-0.39, 0.29) is 17.3 Å². The molecule has 0 unspecified atom stereocenters. The van der Waals surface area contributed by atoms with Crippen LogP contribution in [-0.4, -0.2) is 11.7 Å². The highest BCUT2D eigenvalue weighted by Crippen LogP contribution is 2.27. The molecule has 3 nitrogen and oxygen atoms in total. The van der Waals surface area contributed by atoms with E-state index in [2.05, 4.69) is 21.2 Å². The number of halogens is 3. The zero-order chi connectivity index (χ0) is 15.4. The highest BCUT2D eigenvalue weighted by molar-refractivity contribution is 9.10. The third-order valence-electron chi connectivity index (χ3n) is 2.53. The summed E-state index contributed by atoms with van der Waals surface area (Å²) >= 11 is 4.56. The number of carbonyl (C=O) groups is 1. The molecule has 2 aromatic rings. The van der Waals surface area contributed by atoms with E-state index >= 15 is 0 Å². The van der Waals surface area contributed by atoms with Crippen molar-refractivity contribution in [2.24, 2.45) is 0 Å². The van der Waals surface area contributed by atoms with Gasteiger partial charge in [0, 0.05) is 26.8 Å². The maximum Gasteiger partial charge on any atom is 0.234 e. The predicted octanol–water partition coefficient (Wildman–Crippen LogP) is 4.04. The summed E-state index contributed by atoms with van der Waals surface area (Å²) in [6.45, 7) is 0. The van der Waals surface area contributed by atoms with Crippen LogP contribution in [0.1, 0.15) is 0 Å². The SMILES string of the molecule is Nc1cc(Br)ccc1SCC(=O)Nc1ccc(F)c(F)c1. The minimum atomic E-state index is -1.00. The molecule has 3 N–H and O–H groups in total. The van der Waals surface area contributed by atoms with Gasteiger partial charge < -0.3 is 11.1 Å². The van der Waals surface area contributed by atoms with Gasteiger partial charge in [0.1, 0.15) is 0 Å². The molecule has 1 amide bonds. The normalized spacial score (nSPS) is 10.4. The van der Waals surface area contributed by atoms with Crippen LogP contribution in [0.15, 0.2) is 45.8 Å². The molecule has 0 bridgehead atoms. The van der Waals surface area contributed by atoms with Gasteiger partial charge in [0.2, 0.25) is 5.91 Å². The molecule has 0 saturated carbocycles. The van der Waals surface area contributed by atoms with Crippen LogP contribution in [0, 0.1) is 11.6 Å². The summed E-state index contributed by atoms with van der Waals surface area (Å²) in [4.78, 5) is 12.5. The number of hydrogen-bond acceptors (Lipinski definition) is 3. The van der Waals surface area contributed by atoms with E-state index < -0.39 is 11.6 Å². The second-order valence-corrected chi connectivity index (χ2v) is 6.08. The van der Waals surface area contributed by atoms with Gasteiger partial charge in [-0.05, 0) is 30.3 Å². The van der Waals surface area contributed by atoms with Crippen LogP contribution in [-0.2, 0) is 4.79 Å². The van der Waals surface area contributed by atoms with Gasteiger partial charge in [0.05, 0.1) is 5.75 Å². The lowest BCUT2D eigenvalue weighted by Gasteiger charge is -2.07. The summed E-state index contributed by atoms with van der Waals surface area (Å²) in [7, 11) is 0. The van der Waals surface area contributed by atoms with E-state index in [0.29, 0.717) is 5.69 Å². The fraction of sp³-hybridized carbons (Fsp3) is 0.0714. The third-order valence-corrected chi connectivity index (χ3v) is 4.12. The second kappa shape index (κ2) is 6.91. The Labute approximate surface area is 133 Å². The minimum Gasteiger partial charge on any atom is -0.398 e. The molecule has 0 spiro atoms. The van der Waals surface area contributed by atoms with E-state index in [1.165, 1.54) is 17.8 Å². The Balaban J connectivity index is 1.94. The van der Waals surface area contributed by atoms with Gasteiger partial charge in [0.25, 0.3) is 0 Å². The van der Waals surface area contributed by atoms with Gasteiger partial charge in [-0.15, -0.1) is 11.8 Å². The molecule has 0 aliphatic rings. The number of benzene rings is 2. The Morgan fingerprint density at radius 1 is 1.19 bits per heavy atom. The average molecular weight is 373 g/mol. The molecular weight excluding hydrogens is 362 g/mol. The van der Waals surface area contributed by atoms with Crippen molar-refractivity contribution in [3.63, 3.8) is 0 Å². The number of thioether (sulfide) groups is 1. The lowest BCUT2D eigenvalue weighted by Crippen LogP contribution is -2.14. The van der Waals surface area contributed by atoms with Crippen molar-refractivity contribution in [1.29, 1.82) is 0 Å². The third kappa shape index (κ3) is 4.44. The zero-order valence-corrected chi connectivity index (χ0v) is 13.1. The summed E-state index contributed by atoms with van der Waals surface area (Å²) < 4.78 is 26.6. The highest BCUT2D eigenvalue weighted by atomic mass is 79.9. The molecule has 0 atom stereocenters. The van der Waals surface area contributed by atoms with Gasteiger partial charge in [0.15, 0.2) is 11.6 Å².